The van der Waals surface area contributed by atoms with Gasteiger partial charge in [0.05, 0.1) is 26.7 Å². The molecule has 0 radical (unpaired) electrons. The van der Waals surface area contributed by atoms with Crippen molar-refractivity contribution >= 4 is 5.78 Å². The average Bonchev–Trinajstić information content (AvgIpc) is 2.68. The van der Waals surface area contributed by atoms with Gasteiger partial charge in [0.15, 0.2) is 0 Å². The zero-order chi connectivity index (χ0) is 17.9. The van der Waals surface area contributed by atoms with Gasteiger partial charge in [-0.1, -0.05) is 24.6 Å². The normalized spacial score (nSPS) is 20.2. The number of Topliss-reactive ketones (excluding diaryl/α,β-unsaturated/α-hetero) is 1. The van der Waals surface area contributed by atoms with Crippen LogP contribution in [0.3, 0.4) is 0 Å². The second-order valence-electron chi connectivity index (χ2n) is 6.33. The van der Waals surface area contributed by atoms with Crippen LogP contribution in [0.1, 0.15) is 36.8 Å². The lowest BCUT2D eigenvalue weighted by molar-refractivity contribution is -0.125. The minimum absolute atomic E-state index is 0.243. The Morgan fingerprint density at radius 1 is 0.840 bits per heavy atom. The van der Waals surface area contributed by atoms with Crippen LogP contribution in [-0.2, 0) is 10.2 Å². The molecule has 1 atom stereocenters. The zero-order valence-electron chi connectivity index (χ0n) is 15.0. The highest BCUT2D eigenvalue weighted by atomic mass is 16.5. The molecule has 0 N–H and O–H groups in total. The molecule has 1 fully saturated rings. The van der Waals surface area contributed by atoms with Crippen LogP contribution in [0, 0.1) is 0 Å². The molecule has 25 heavy (non-hydrogen) atoms. The summed E-state index contributed by atoms with van der Waals surface area (Å²) < 4.78 is 16.2. The highest BCUT2D eigenvalue weighted by Gasteiger charge is 2.44. The molecule has 1 aliphatic carbocycles. The highest BCUT2D eigenvalue weighted by Crippen LogP contribution is 2.47. The van der Waals surface area contributed by atoms with Crippen LogP contribution in [0.25, 0.3) is 0 Å². The molecule has 0 bridgehead atoms. The first-order valence-electron chi connectivity index (χ1n) is 8.56. The Balaban J connectivity index is 2.20. The quantitative estimate of drug-likeness (QED) is 0.820. The molecular weight excluding hydrogens is 316 g/mol. The van der Waals surface area contributed by atoms with E-state index in [4.69, 9.17) is 14.2 Å². The number of ether oxygens (including phenoxy) is 3. The number of carbonyl (C=O) groups is 1. The summed E-state index contributed by atoms with van der Waals surface area (Å²) in [5.41, 5.74) is 1.22. The summed E-state index contributed by atoms with van der Waals surface area (Å²) in [7, 11) is 4.90. The summed E-state index contributed by atoms with van der Waals surface area (Å²) >= 11 is 0. The predicted molar refractivity (Wildman–Crippen MR) is 96.8 cm³/mol. The maximum atomic E-state index is 13.2. The Labute approximate surface area is 148 Å². The van der Waals surface area contributed by atoms with Crippen LogP contribution in [-0.4, -0.2) is 27.1 Å². The first kappa shape index (κ1) is 17.3. The molecule has 2 aromatic carbocycles. The van der Waals surface area contributed by atoms with Gasteiger partial charge in [-0.05, 0) is 36.6 Å². The number of carbonyl (C=O) groups excluding carboxylic acids is 1. The summed E-state index contributed by atoms with van der Waals surface area (Å²) in [5, 5.41) is 0. The second-order valence-corrected chi connectivity index (χ2v) is 6.33. The minimum atomic E-state index is -0.678. The zero-order valence-corrected chi connectivity index (χ0v) is 15.0. The van der Waals surface area contributed by atoms with Crippen molar-refractivity contribution in [2.45, 2.75) is 31.1 Å². The molecule has 3 rings (SSSR count). The molecule has 0 amide bonds. The third-order valence-corrected chi connectivity index (χ3v) is 5.13. The van der Waals surface area contributed by atoms with Gasteiger partial charge in [-0.3, -0.25) is 4.79 Å². The lowest BCUT2D eigenvalue weighted by Crippen LogP contribution is -2.40. The van der Waals surface area contributed by atoms with Gasteiger partial charge in [0.1, 0.15) is 23.0 Å². The fraction of sp³-hybridized carbons (Fsp3) is 0.381. The van der Waals surface area contributed by atoms with Crippen LogP contribution in [0.2, 0.25) is 0 Å². The Hall–Kier alpha value is -2.49. The van der Waals surface area contributed by atoms with Gasteiger partial charge in [-0.2, -0.15) is 0 Å². The van der Waals surface area contributed by atoms with Crippen molar-refractivity contribution in [2.75, 3.05) is 21.3 Å². The van der Waals surface area contributed by atoms with Gasteiger partial charge in [-0.15, -0.1) is 0 Å². The molecule has 1 unspecified atom stereocenters. The molecule has 0 aromatic heterocycles. The van der Waals surface area contributed by atoms with E-state index in [-0.39, 0.29) is 5.78 Å². The summed E-state index contributed by atoms with van der Waals surface area (Å²) in [4.78, 5) is 13.2. The highest BCUT2D eigenvalue weighted by molar-refractivity contribution is 5.95. The second kappa shape index (κ2) is 7.18. The third kappa shape index (κ3) is 2.97. The molecule has 1 aliphatic rings. The van der Waals surface area contributed by atoms with E-state index in [0.29, 0.717) is 17.9 Å². The molecule has 0 heterocycles. The fourth-order valence-electron chi connectivity index (χ4n) is 3.80. The van der Waals surface area contributed by atoms with E-state index in [2.05, 4.69) is 0 Å². The van der Waals surface area contributed by atoms with Crippen molar-refractivity contribution in [3.63, 3.8) is 0 Å². The first-order chi connectivity index (χ1) is 12.2. The number of hydrogen-bond donors (Lipinski definition) is 0. The smallest absolute Gasteiger partial charge is 0.147 e. The van der Waals surface area contributed by atoms with Crippen molar-refractivity contribution in [3.8, 4) is 17.2 Å². The summed E-state index contributed by atoms with van der Waals surface area (Å²) in [5.74, 6) is 2.43. The van der Waals surface area contributed by atoms with Crippen molar-refractivity contribution in [1.29, 1.82) is 0 Å². The fourth-order valence-corrected chi connectivity index (χ4v) is 3.80. The molecule has 0 saturated heterocycles. The van der Waals surface area contributed by atoms with E-state index in [1.165, 1.54) is 0 Å². The minimum Gasteiger partial charge on any atom is -0.497 e. The molecule has 0 aliphatic heterocycles. The third-order valence-electron chi connectivity index (χ3n) is 5.13. The Bertz CT molecular complexity index is 751. The number of hydrogen-bond acceptors (Lipinski definition) is 4. The lowest BCUT2D eigenvalue weighted by atomic mass is 9.64. The van der Waals surface area contributed by atoms with Crippen molar-refractivity contribution in [3.05, 3.63) is 53.6 Å². The van der Waals surface area contributed by atoms with Gasteiger partial charge < -0.3 is 14.2 Å². The maximum absolute atomic E-state index is 13.2. The monoisotopic (exact) mass is 340 g/mol. The number of rotatable bonds is 5. The van der Waals surface area contributed by atoms with Gasteiger partial charge in [0, 0.05) is 18.1 Å². The van der Waals surface area contributed by atoms with Crippen LogP contribution in [0.5, 0.6) is 17.2 Å². The van der Waals surface area contributed by atoms with E-state index in [1.807, 2.05) is 42.5 Å². The Kier molecular flexibility index (Phi) is 4.98. The van der Waals surface area contributed by atoms with Gasteiger partial charge in [-0.25, -0.2) is 0 Å². The van der Waals surface area contributed by atoms with E-state index < -0.39 is 5.41 Å². The topological polar surface area (TPSA) is 44.8 Å². The largest absolute Gasteiger partial charge is 0.497 e. The summed E-state index contributed by atoms with van der Waals surface area (Å²) in [6.07, 6.45) is 3.31. The predicted octanol–water partition coefficient (Wildman–Crippen LogP) is 4.14. The Morgan fingerprint density at radius 3 is 2.12 bits per heavy atom. The van der Waals surface area contributed by atoms with Gasteiger partial charge in [0.25, 0.3) is 0 Å². The number of benzene rings is 2. The Morgan fingerprint density at radius 2 is 1.52 bits per heavy atom. The van der Waals surface area contributed by atoms with E-state index >= 15 is 0 Å². The molecule has 4 heteroatoms. The first-order valence-corrected chi connectivity index (χ1v) is 8.56. The number of ketones is 1. The van der Waals surface area contributed by atoms with Gasteiger partial charge in [0.2, 0.25) is 0 Å². The van der Waals surface area contributed by atoms with Crippen LogP contribution >= 0.6 is 0 Å². The van der Waals surface area contributed by atoms with Crippen molar-refractivity contribution < 1.29 is 19.0 Å². The van der Waals surface area contributed by atoms with Crippen LogP contribution in [0.4, 0.5) is 0 Å². The molecule has 1 saturated carbocycles. The van der Waals surface area contributed by atoms with Gasteiger partial charge >= 0.3 is 0 Å². The summed E-state index contributed by atoms with van der Waals surface area (Å²) in [6, 6.07) is 13.5. The molecule has 132 valence electrons. The van der Waals surface area contributed by atoms with E-state index in [1.54, 1.807) is 21.3 Å². The van der Waals surface area contributed by atoms with E-state index in [0.717, 1.165) is 36.1 Å². The van der Waals surface area contributed by atoms with Crippen LogP contribution < -0.4 is 14.2 Å². The molecule has 0 spiro atoms. The standard InChI is InChI=1S/C21H24O4/c1-23-16-9-7-15(8-10-16)21(13-5-4-6-20(21)22)18-12-11-17(24-2)14-19(18)25-3/h7-12,14H,4-6,13H2,1-3H3. The molecule has 2 aromatic rings. The van der Waals surface area contributed by atoms with E-state index in [9.17, 15) is 4.79 Å². The lowest BCUT2D eigenvalue weighted by Gasteiger charge is -2.37. The maximum Gasteiger partial charge on any atom is 0.147 e. The van der Waals surface area contributed by atoms with Crippen molar-refractivity contribution in [1.82, 2.24) is 0 Å². The van der Waals surface area contributed by atoms with Crippen LogP contribution in [0.15, 0.2) is 42.5 Å². The molecular formula is C21H24O4. The SMILES string of the molecule is COc1ccc(C2(c3ccc(OC)cc3OC)CCCCC2=O)cc1. The molecule has 4 nitrogen and oxygen atoms in total. The average molecular weight is 340 g/mol. The summed E-state index contributed by atoms with van der Waals surface area (Å²) in [6.45, 7) is 0. The van der Waals surface area contributed by atoms with Crippen molar-refractivity contribution in [2.24, 2.45) is 0 Å². The number of methoxy groups -OCH3 is 3.